The number of rotatable bonds is 5. The van der Waals surface area contributed by atoms with Crippen LogP contribution in [0.25, 0.3) is 5.69 Å². The molecule has 0 aliphatic heterocycles. The summed E-state index contributed by atoms with van der Waals surface area (Å²) in [6, 6.07) is 14.0. The van der Waals surface area contributed by atoms with Crippen molar-refractivity contribution < 1.29 is 18.8 Å². The van der Waals surface area contributed by atoms with Gasteiger partial charge in [0.25, 0.3) is 11.5 Å². The molecule has 7 nitrogen and oxygen atoms in total. The number of pyridine rings is 1. The first-order valence-corrected chi connectivity index (χ1v) is 10.6. The number of hydrogen-bond acceptors (Lipinski definition) is 4. The van der Waals surface area contributed by atoms with Crippen LogP contribution in [0.3, 0.4) is 0 Å². The molecule has 1 aliphatic rings. The molecular formula is C24H19ClFN3O4. The lowest BCUT2D eigenvalue weighted by atomic mass is 10.0. The zero-order valence-corrected chi connectivity index (χ0v) is 18.0. The molecule has 2 aromatic carbocycles. The Morgan fingerprint density at radius 2 is 1.76 bits per heavy atom. The first-order chi connectivity index (χ1) is 15.8. The maximum absolute atomic E-state index is 14.7. The molecular weight excluding hydrogens is 449 g/mol. The number of hydrogen-bond donors (Lipinski definition) is 2. The number of aromatic nitrogens is 1. The lowest BCUT2D eigenvalue weighted by Gasteiger charge is -2.20. The fourth-order valence-electron chi connectivity index (χ4n) is 3.78. The molecule has 2 atom stereocenters. The number of nitrogens with one attached hydrogen (secondary N) is 2. The summed E-state index contributed by atoms with van der Waals surface area (Å²) in [5.74, 6) is -2.96. The predicted molar refractivity (Wildman–Crippen MR) is 121 cm³/mol. The van der Waals surface area contributed by atoms with E-state index in [0.29, 0.717) is 10.7 Å². The molecule has 0 radical (unpaired) electrons. The number of carbonyl (C=O) groups is 3. The number of halogens is 2. The fraction of sp³-hybridized carbons (Fsp3) is 0.167. The Hall–Kier alpha value is -3.78. The van der Waals surface area contributed by atoms with E-state index in [0.717, 1.165) is 6.07 Å². The van der Waals surface area contributed by atoms with E-state index in [1.807, 2.05) is 0 Å². The highest BCUT2D eigenvalue weighted by molar-refractivity contribution is 6.30. The van der Waals surface area contributed by atoms with Crippen molar-refractivity contribution in [2.45, 2.75) is 18.9 Å². The van der Waals surface area contributed by atoms with Gasteiger partial charge in [0.1, 0.15) is 11.6 Å². The largest absolute Gasteiger partial charge is 0.348 e. The molecule has 4 rings (SSSR count). The van der Waals surface area contributed by atoms with Crippen LogP contribution in [0.1, 0.15) is 23.2 Å². The van der Waals surface area contributed by atoms with Crippen LogP contribution in [0.5, 0.6) is 0 Å². The molecule has 1 fully saturated rings. The minimum absolute atomic E-state index is 0.0242. The third-order valence-electron chi connectivity index (χ3n) is 5.44. The lowest BCUT2D eigenvalue weighted by Crippen LogP contribution is -2.42. The zero-order valence-electron chi connectivity index (χ0n) is 17.3. The van der Waals surface area contributed by atoms with Gasteiger partial charge < -0.3 is 10.6 Å². The van der Waals surface area contributed by atoms with Gasteiger partial charge in [-0.2, -0.15) is 0 Å². The normalized spacial score (nSPS) is 17.6. The van der Waals surface area contributed by atoms with Gasteiger partial charge in [0.2, 0.25) is 5.91 Å². The van der Waals surface area contributed by atoms with Gasteiger partial charge in [-0.3, -0.25) is 23.7 Å². The van der Waals surface area contributed by atoms with Gasteiger partial charge in [-0.05, 0) is 48.5 Å². The molecule has 1 heterocycles. The number of Topliss-reactive ketones (excluding diaryl/α,β-unsaturated/α-hetero) is 1. The van der Waals surface area contributed by atoms with Gasteiger partial charge in [-0.1, -0.05) is 17.7 Å². The highest BCUT2D eigenvalue weighted by atomic mass is 35.5. The van der Waals surface area contributed by atoms with Crippen molar-refractivity contribution in [2.24, 2.45) is 5.92 Å². The zero-order chi connectivity index (χ0) is 23.5. The van der Waals surface area contributed by atoms with Gasteiger partial charge in [-0.25, -0.2) is 4.39 Å². The Balaban J connectivity index is 1.49. The van der Waals surface area contributed by atoms with E-state index in [4.69, 9.17) is 11.6 Å². The van der Waals surface area contributed by atoms with E-state index in [9.17, 15) is 23.6 Å². The van der Waals surface area contributed by atoms with Crippen molar-refractivity contribution in [1.29, 1.82) is 0 Å². The molecule has 1 aromatic heterocycles. The summed E-state index contributed by atoms with van der Waals surface area (Å²) in [4.78, 5) is 49.4. The van der Waals surface area contributed by atoms with Crippen LogP contribution in [0.4, 0.5) is 10.1 Å². The molecule has 1 saturated carbocycles. The summed E-state index contributed by atoms with van der Waals surface area (Å²) in [6.07, 6.45) is 1.44. The Labute approximate surface area is 193 Å². The molecule has 33 heavy (non-hydrogen) atoms. The number of amides is 2. The second kappa shape index (κ2) is 9.38. The van der Waals surface area contributed by atoms with E-state index in [-0.39, 0.29) is 35.4 Å². The van der Waals surface area contributed by atoms with Crippen molar-refractivity contribution in [1.82, 2.24) is 9.88 Å². The molecule has 9 heteroatoms. The predicted octanol–water partition coefficient (Wildman–Crippen LogP) is 3.35. The number of nitrogens with zero attached hydrogens (tertiary/aromatic N) is 1. The second-order valence-electron chi connectivity index (χ2n) is 7.70. The van der Waals surface area contributed by atoms with Crippen LogP contribution in [0.2, 0.25) is 5.02 Å². The summed E-state index contributed by atoms with van der Waals surface area (Å²) in [5, 5.41) is 5.84. The molecule has 0 spiro atoms. The van der Waals surface area contributed by atoms with E-state index >= 15 is 0 Å². The molecule has 0 unspecified atom stereocenters. The molecule has 0 bridgehead atoms. The Kier molecular flexibility index (Phi) is 6.37. The average molecular weight is 468 g/mol. The van der Waals surface area contributed by atoms with Crippen molar-refractivity contribution in [3.8, 4) is 5.69 Å². The fourth-order valence-corrected chi connectivity index (χ4v) is 3.90. The molecule has 1 aliphatic carbocycles. The smallest absolute Gasteiger partial charge is 0.255 e. The van der Waals surface area contributed by atoms with Crippen molar-refractivity contribution in [3.63, 3.8) is 0 Å². The van der Waals surface area contributed by atoms with Gasteiger partial charge >= 0.3 is 0 Å². The minimum Gasteiger partial charge on any atom is -0.348 e. The van der Waals surface area contributed by atoms with Crippen LogP contribution in [0, 0.1) is 11.7 Å². The maximum atomic E-state index is 14.7. The topological polar surface area (TPSA) is 97.3 Å². The quantitative estimate of drug-likeness (QED) is 0.601. The van der Waals surface area contributed by atoms with Gasteiger partial charge in [-0.15, -0.1) is 0 Å². The van der Waals surface area contributed by atoms with Crippen LogP contribution in [-0.2, 0) is 9.59 Å². The number of carbonyl (C=O) groups excluding carboxylic acids is 3. The summed E-state index contributed by atoms with van der Waals surface area (Å²) < 4.78 is 16.0. The standard InChI is InChI=1S/C24H19ClFN3O4/c25-14-4-6-15(7-5-14)27-24(33)19-12-17(30)13-21(19)28-23(32)18-9-8-16(11-20(18)26)29-10-2-1-3-22(29)31/h1-11,19,21H,12-13H2,(H,27,33)(H,28,32)/t19-,21-/m1/s1. The SMILES string of the molecule is O=C1C[C@@H](NC(=O)c2ccc(-n3ccccc3=O)cc2F)[C@H](C(=O)Nc2ccc(Cl)cc2)C1. The number of ketones is 1. The van der Waals surface area contributed by atoms with Crippen LogP contribution in [-0.4, -0.2) is 28.2 Å². The monoisotopic (exact) mass is 467 g/mol. The molecule has 3 aromatic rings. The maximum Gasteiger partial charge on any atom is 0.255 e. The number of anilines is 1. The highest BCUT2D eigenvalue weighted by Crippen LogP contribution is 2.26. The second-order valence-corrected chi connectivity index (χ2v) is 8.14. The van der Waals surface area contributed by atoms with Gasteiger partial charge in [0.05, 0.1) is 17.2 Å². The molecule has 168 valence electrons. The van der Waals surface area contributed by atoms with Crippen LogP contribution in [0.15, 0.2) is 71.7 Å². The Morgan fingerprint density at radius 1 is 1.00 bits per heavy atom. The third kappa shape index (κ3) is 5.01. The highest BCUT2D eigenvalue weighted by Gasteiger charge is 2.39. The van der Waals surface area contributed by atoms with Crippen LogP contribution >= 0.6 is 11.6 Å². The van der Waals surface area contributed by atoms with Crippen LogP contribution < -0.4 is 16.2 Å². The summed E-state index contributed by atoms with van der Waals surface area (Å²) in [7, 11) is 0. The minimum atomic E-state index is -0.827. The van der Waals surface area contributed by atoms with Gasteiger partial charge in [0.15, 0.2) is 0 Å². The average Bonchev–Trinajstić information content (AvgIpc) is 3.15. The first-order valence-electron chi connectivity index (χ1n) is 10.2. The molecule has 0 saturated heterocycles. The molecule has 2 N–H and O–H groups in total. The summed E-state index contributed by atoms with van der Waals surface area (Å²) >= 11 is 5.85. The Bertz CT molecular complexity index is 1290. The van der Waals surface area contributed by atoms with E-state index in [1.165, 1.54) is 29.0 Å². The van der Waals surface area contributed by atoms with E-state index in [2.05, 4.69) is 10.6 Å². The van der Waals surface area contributed by atoms with Crippen molar-refractivity contribution >= 4 is 34.9 Å². The van der Waals surface area contributed by atoms with Crippen molar-refractivity contribution in [2.75, 3.05) is 5.32 Å². The first kappa shape index (κ1) is 22.4. The van der Waals surface area contributed by atoms with E-state index in [1.54, 1.807) is 36.4 Å². The third-order valence-corrected chi connectivity index (χ3v) is 5.70. The Morgan fingerprint density at radius 3 is 2.45 bits per heavy atom. The van der Waals surface area contributed by atoms with Crippen molar-refractivity contribution in [3.05, 3.63) is 93.6 Å². The summed E-state index contributed by atoms with van der Waals surface area (Å²) in [5.41, 5.74) is 0.185. The number of benzene rings is 2. The summed E-state index contributed by atoms with van der Waals surface area (Å²) in [6.45, 7) is 0. The van der Waals surface area contributed by atoms with Gasteiger partial charge in [0, 0.05) is 41.9 Å². The van der Waals surface area contributed by atoms with E-state index < -0.39 is 29.6 Å². The lowest BCUT2D eigenvalue weighted by molar-refractivity contribution is -0.122. The molecule has 2 amide bonds.